The molecule has 0 saturated heterocycles. The maximum absolute atomic E-state index is 12.3. The van der Waals surface area contributed by atoms with E-state index in [9.17, 15) is 4.79 Å². The van der Waals surface area contributed by atoms with E-state index in [1.807, 2.05) is 72.8 Å². The molecule has 1 heterocycles. The summed E-state index contributed by atoms with van der Waals surface area (Å²) in [5, 5.41) is 2.86. The maximum Gasteiger partial charge on any atom is 0.262 e. The molecule has 0 bridgehead atoms. The zero-order valence-electron chi connectivity index (χ0n) is 17.1. The normalized spacial score (nSPS) is 11.9. The molecule has 1 atom stereocenters. The van der Waals surface area contributed by atoms with Crippen LogP contribution in [0.1, 0.15) is 31.7 Å². The zero-order chi connectivity index (χ0) is 20.9. The van der Waals surface area contributed by atoms with Gasteiger partial charge in [-0.05, 0) is 60.4 Å². The minimum absolute atomic E-state index is 0.0597. The summed E-state index contributed by atoms with van der Waals surface area (Å²) in [6, 6.07) is 22.9. The van der Waals surface area contributed by atoms with E-state index >= 15 is 0 Å². The van der Waals surface area contributed by atoms with E-state index in [-0.39, 0.29) is 12.5 Å². The summed E-state index contributed by atoms with van der Waals surface area (Å²) in [4.78, 5) is 16.8. The van der Waals surface area contributed by atoms with Crippen molar-refractivity contribution < 1.29 is 13.9 Å². The average Bonchev–Trinajstić information content (AvgIpc) is 3.22. The van der Waals surface area contributed by atoms with E-state index in [2.05, 4.69) is 24.1 Å². The third kappa shape index (κ3) is 4.51. The van der Waals surface area contributed by atoms with Gasteiger partial charge in [-0.3, -0.25) is 4.79 Å². The van der Waals surface area contributed by atoms with Crippen LogP contribution in [-0.4, -0.2) is 17.5 Å². The molecule has 30 heavy (non-hydrogen) atoms. The number of benzene rings is 3. The summed E-state index contributed by atoms with van der Waals surface area (Å²) >= 11 is 0. The standard InChI is InChI=1S/C25H24N2O3/c1-3-17(2)18-11-13-21(14-12-18)29-16-24(28)26-20-8-6-7-19(15-20)25-27-22-9-4-5-10-23(22)30-25/h4-15,17H,3,16H2,1-2H3,(H,26,28). The van der Waals surface area contributed by atoms with Gasteiger partial charge in [-0.25, -0.2) is 4.98 Å². The lowest BCUT2D eigenvalue weighted by Gasteiger charge is -2.11. The van der Waals surface area contributed by atoms with E-state index in [4.69, 9.17) is 9.15 Å². The lowest BCUT2D eigenvalue weighted by atomic mass is 9.99. The van der Waals surface area contributed by atoms with Crippen LogP contribution in [-0.2, 0) is 4.79 Å². The first kappa shape index (κ1) is 19.7. The maximum atomic E-state index is 12.3. The first-order valence-electron chi connectivity index (χ1n) is 10.1. The molecule has 0 aliphatic rings. The molecule has 0 aliphatic carbocycles. The highest BCUT2D eigenvalue weighted by Gasteiger charge is 2.10. The van der Waals surface area contributed by atoms with E-state index in [1.165, 1.54) is 5.56 Å². The Kier molecular flexibility index (Phi) is 5.80. The van der Waals surface area contributed by atoms with Gasteiger partial charge in [-0.2, -0.15) is 0 Å². The van der Waals surface area contributed by atoms with Crippen LogP contribution < -0.4 is 10.1 Å². The molecule has 0 radical (unpaired) electrons. The van der Waals surface area contributed by atoms with E-state index in [0.29, 0.717) is 23.2 Å². The Bertz CT molecular complexity index is 1120. The van der Waals surface area contributed by atoms with Crippen molar-refractivity contribution in [3.63, 3.8) is 0 Å². The van der Waals surface area contributed by atoms with Crippen molar-refractivity contribution in [2.45, 2.75) is 26.2 Å². The number of aromatic nitrogens is 1. The van der Waals surface area contributed by atoms with Gasteiger partial charge in [-0.15, -0.1) is 0 Å². The molecule has 0 spiro atoms. The molecular weight excluding hydrogens is 376 g/mol. The van der Waals surface area contributed by atoms with Crippen LogP contribution in [0, 0.1) is 0 Å². The minimum atomic E-state index is -0.226. The summed E-state index contributed by atoms with van der Waals surface area (Å²) < 4.78 is 11.4. The molecule has 0 fully saturated rings. The van der Waals surface area contributed by atoms with Crippen LogP contribution in [0.4, 0.5) is 5.69 Å². The summed E-state index contributed by atoms with van der Waals surface area (Å²) in [6.07, 6.45) is 1.09. The number of amides is 1. The number of fused-ring (bicyclic) bond motifs is 1. The van der Waals surface area contributed by atoms with Gasteiger partial charge in [-0.1, -0.05) is 44.2 Å². The largest absolute Gasteiger partial charge is 0.484 e. The van der Waals surface area contributed by atoms with Gasteiger partial charge in [0.1, 0.15) is 11.3 Å². The van der Waals surface area contributed by atoms with Crippen molar-refractivity contribution in [2.24, 2.45) is 0 Å². The van der Waals surface area contributed by atoms with Crippen molar-refractivity contribution in [3.8, 4) is 17.2 Å². The topological polar surface area (TPSA) is 64.4 Å². The predicted molar refractivity (Wildman–Crippen MR) is 119 cm³/mol. The highest BCUT2D eigenvalue weighted by molar-refractivity contribution is 5.92. The van der Waals surface area contributed by atoms with Crippen molar-refractivity contribution >= 4 is 22.7 Å². The van der Waals surface area contributed by atoms with Crippen molar-refractivity contribution in [1.29, 1.82) is 0 Å². The second kappa shape index (κ2) is 8.82. The second-order valence-corrected chi connectivity index (χ2v) is 7.28. The molecule has 152 valence electrons. The molecule has 1 aromatic heterocycles. The number of carbonyl (C=O) groups excluding carboxylic acids is 1. The number of hydrogen-bond acceptors (Lipinski definition) is 4. The summed E-state index contributed by atoms with van der Waals surface area (Å²) in [6.45, 7) is 4.30. The first-order valence-corrected chi connectivity index (χ1v) is 10.1. The Balaban J connectivity index is 1.38. The third-order valence-corrected chi connectivity index (χ3v) is 5.12. The van der Waals surface area contributed by atoms with Gasteiger partial charge in [0.25, 0.3) is 5.91 Å². The summed E-state index contributed by atoms with van der Waals surface area (Å²) in [5.41, 5.74) is 4.26. The summed E-state index contributed by atoms with van der Waals surface area (Å²) in [5.74, 6) is 1.48. The van der Waals surface area contributed by atoms with Crippen LogP contribution in [0.5, 0.6) is 5.75 Å². The Morgan fingerprint density at radius 3 is 2.63 bits per heavy atom. The second-order valence-electron chi connectivity index (χ2n) is 7.28. The molecule has 1 unspecified atom stereocenters. The SMILES string of the molecule is CCC(C)c1ccc(OCC(=O)Nc2cccc(-c3nc4ccccc4o3)c2)cc1. The van der Waals surface area contributed by atoms with Crippen molar-refractivity contribution in [3.05, 3.63) is 78.4 Å². The first-order chi connectivity index (χ1) is 14.6. The number of nitrogens with zero attached hydrogens (tertiary/aromatic N) is 1. The molecule has 5 heteroatoms. The molecule has 4 rings (SSSR count). The number of rotatable bonds is 7. The number of hydrogen-bond donors (Lipinski definition) is 1. The lowest BCUT2D eigenvalue weighted by molar-refractivity contribution is -0.118. The molecule has 3 aromatic carbocycles. The van der Waals surface area contributed by atoms with Gasteiger partial charge in [0.05, 0.1) is 0 Å². The molecule has 4 aromatic rings. The Hall–Kier alpha value is -3.60. The van der Waals surface area contributed by atoms with Crippen LogP contribution in [0.25, 0.3) is 22.6 Å². The Morgan fingerprint density at radius 1 is 1.07 bits per heavy atom. The Labute approximate surface area is 175 Å². The number of ether oxygens (including phenoxy) is 1. The molecule has 5 nitrogen and oxygen atoms in total. The monoisotopic (exact) mass is 400 g/mol. The smallest absolute Gasteiger partial charge is 0.262 e. The van der Waals surface area contributed by atoms with Crippen LogP contribution in [0.3, 0.4) is 0 Å². The third-order valence-electron chi connectivity index (χ3n) is 5.12. The quantitative estimate of drug-likeness (QED) is 0.412. The molecular formula is C25H24N2O3. The van der Waals surface area contributed by atoms with Crippen molar-refractivity contribution in [1.82, 2.24) is 4.98 Å². The van der Waals surface area contributed by atoms with Crippen molar-refractivity contribution in [2.75, 3.05) is 11.9 Å². The van der Waals surface area contributed by atoms with Gasteiger partial charge in [0.2, 0.25) is 5.89 Å². The Morgan fingerprint density at radius 2 is 1.87 bits per heavy atom. The number of carbonyl (C=O) groups is 1. The fourth-order valence-corrected chi connectivity index (χ4v) is 3.20. The van der Waals surface area contributed by atoms with E-state index in [0.717, 1.165) is 23.1 Å². The molecule has 0 aliphatic heterocycles. The highest BCUT2D eigenvalue weighted by Crippen LogP contribution is 2.26. The fraction of sp³-hybridized carbons (Fsp3) is 0.200. The molecule has 0 saturated carbocycles. The average molecular weight is 400 g/mol. The fourth-order valence-electron chi connectivity index (χ4n) is 3.20. The van der Waals surface area contributed by atoms with Gasteiger partial charge in [0.15, 0.2) is 12.2 Å². The molecule has 1 amide bonds. The molecule has 1 N–H and O–H groups in total. The number of oxazole rings is 1. The van der Waals surface area contributed by atoms with Crippen LogP contribution >= 0.6 is 0 Å². The van der Waals surface area contributed by atoms with Gasteiger partial charge in [0, 0.05) is 11.3 Å². The van der Waals surface area contributed by atoms with Gasteiger partial charge >= 0.3 is 0 Å². The number of anilines is 1. The van der Waals surface area contributed by atoms with E-state index < -0.39 is 0 Å². The minimum Gasteiger partial charge on any atom is -0.484 e. The van der Waals surface area contributed by atoms with Gasteiger partial charge < -0.3 is 14.5 Å². The predicted octanol–water partition coefficient (Wildman–Crippen LogP) is 6.03. The summed E-state index contributed by atoms with van der Waals surface area (Å²) in [7, 11) is 0. The highest BCUT2D eigenvalue weighted by atomic mass is 16.5. The lowest BCUT2D eigenvalue weighted by Crippen LogP contribution is -2.20. The van der Waals surface area contributed by atoms with E-state index in [1.54, 1.807) is 0 Å². The van der Waals surface area contributed by atoms with Crippen LogP contribution in [0.15, 0.2) is 77.2 Å². The van der Waals surface area contributed by atoms with Crippen LogP contribution in [0.2, 0.25) is 0 Å². The zero-order valence-corrected chi connectivity index (χ0v) is 17.1. The number of para-hydroxylation sites is 2. The number of nitrogens with one attached hydrogen (secondary N) is 1.